The van der Waals surface area contributed by atoms with Gasteiger partial charge in [0, 0.05) is 32.2 Å². The van der Waals surface area contributed by atoms with E-state index in [9.17, 15) is 4.79 Å². The van der Waals surface area contributed by atoms with Gasteiger partial charge in [0.05, 0.1) is 0 Å². The molecule has 0 radical (unpaired) electrons. The third-order valence-corrected chi connectivity index (χ3v) is 2.59. The van der Waals surface area contributed by atoms with Gasteiger partial charge in [0.1, 0.15) is 0 Å². The Bertz CT molecular complexity index is 183. The van der Waals surface area contributed by atoms with Crippen LogP contribution in [0.15, 0.2) is 0 Å². The highest BCUT2D eigenvalue weighted by atomic mass is 16.3. The van der Waals surface area contributed by atoms with E-state index in [-0.39, 0.29) is 18.6 Å². The lowest BCUT2D eigenvalue weighted by Crippen LogP contribution is -2.38. The molecule has 0 rings (SSSR count). The lowest BCUT2D eigenvalue weighted by molar-refractivity contribution is -0.131. The number of carbonyl (C=O) groups excluding carboxylic acids is 1. The molecule has 1 atom stereocenters. The predicted octanol–water partition coefficient (Wildman–Crippen LogP) is 0.591. The fourth-order valence-corrected chi connectivity index (χ4v) is 1.29. The number of hydrogen-bond donors (Lipinski definition) is 2. The highest BCUT2D eigenvalue weighted by Crippen LogP contribution is 2.06. The average Bonchev–Trinajstić information content (AvgIpc) is 2.18. The van der Waals surface area contributed by atoms with E-state index in [0.29, 0.717) is 31.8 Å². The molecule has 0 aliphatic heterocycles. The van der Waals surface area contributed by atoms with Crippen molar-refractivity contribution in [3.63, 3.8) is 0 Å². The summed E-state index contributed by atoms with van der Waals surface area (Å²) >= 11 is 0. The van der Waals surface area contributed by atoms with Gasteiger partial charge < -0.3 is 15.7 Å². The molecular weight excluding hydrogens is 192 g/mol. The van der Waals surface area contributed by atoms with Crippen LogP contribution in [0, 0.1) is 5.92 Å². The fourth-order valence-electron chi connectivity index (χ4n) is 1.29. The monoisotopic (exact) mass is 216 g/mol. The van der Waals surface area contributed by atoms with Gasteiger partial charge in [-0.2, -0.15) is 0 Å². The first kappa shape index (κ1) is 14.4. The highest BCUT2D eigenvalue weighted by molar-refractivity contribution is 5.76. The van der Waals surface area contributed by atoms with E-state index in [1.165, 1.54) is 0 Å². The minimum Gasteiger partial charge on any atom is -0.396 e. The van der Waals surface area contributed by atoms with Crippen LogP contribution in [0.25, 0.3) is 0 Å². The lowest BCUT2D eigenvalue weighted by Gasteiger charge is -2.23. The van der Waals surface area contributed by atoms with Gasteiger partial charge in [-0.3, -0.25) is 4.79 Å². The van der Waals surface area contributed by atoms with Crippen molar-refractivity contribution in [3.05, 3.63) is 0 Å². The maximum Gasteiger partial charge on any atom is 0.224 e. The first-order valence-corrected chi connectivity index (χ1v) is 5.67. The molecule has 0 heterocycles. The zero-order valence-electron chi connectivity index (χ0n) is 10.1. The molecule has 0 fully saturated rings. The van der Waals surface area contributed by atoms with Gasteiger partial charge in [0.2, 0.25) is 5.91 Å². The SMILES string of the molecule is CCN(CCCO)C(=O)CC(N)C(C)C. The van der Waals surface area contributed by atoms with Gasteiger partial charge in [0.15, 0.2) is 0 Å². The summed E-state index contributed by atoms with van der Waals surface area (Å²) in [7, 11) is 0. The Hall–Kier alpha value is -0.610. The molecule has 0 saturated heterocycles. The van der Waals surface area contributed by atoms with Crippen molar-refractivity contribution in [2.75, 3.05) is 19.7 Å². The summed E-state index contributed by atoms with van der Waals surface area (Å²) in [6.45, 7) is 7.40. The number of rotatable bonds is 7. The molecule has 90 valence electrons. The maximum atomic E-state index is 11.8. The number of amides is 1. The van der Waals surface area contributed by atoms with E-state index in [4.69, 9.17) is 10.8 Å². The molecule has 1 amide bonds. The number of nitrogens with zero attached hydrogens (tertiary/aromatic N) is 1. The van der Waals surface area contributed by atoms with E-state index in [2.05, 4.69) is 0 Å². The zero-order valence-corrected chi connectivity index (χ0v) is 10.1. The Kier molecular flexibility index (Phi) is 7.34. The molecule has 0 bridgehead atoms. The normalized spacial score (nSPS) is 12.9. The molecular formula is C11H24N2O2. The van der Waals surface area contributed by atoms with Crippen LogP contribution < -0.4 is 5.73 Å². The van der Waals surface area contributed by atoms with Crippen molar-refractivity contribution in [2.45, 2.75) is 39.7 Å². The Labute approximate surface area is 92.4 Å². The third-order valence-electron chi connectivity index (χ3n) is 2.59. The topological polar surface area (TPSA) is 66.6 Å². The van der Waals surface area contributed by atoms with Crippen LogP contribution in [-0.4, -0.2) is 41.7 Å². The van der Waals surface area contributed by atoms with E-state index in [1.807, 2.05) is 20.8 Å². The van der Waals surface area contributed by atoms with Crippen molar-refractivity contribution in [1.29, 1.82) is 0 Å². The standard InChI is InChI=1S/C11H24N2O2/c1-4-13(6-5-7-14)11(15)8-10(12)9(2)3/h9-10,14H,4-8,12H2,1-3H3. The van der Waals surface area contributed by atoms with E-state index in [1.54, 1.807) is 4.90 Å². The van der Waals surface area contributed by atoms with Crippen LogP contribution in [0.5, 0.6) is 0 Å². The fraction of sp³-hybridized carbons (Fsp3) is 0.909. The minimum absolute atomic E-state index is 0.0688. The van der Waals surface area contributed by atoms with Gasteiger partial charge in [-0.25, -0.2) is 0 Å². The predicted molar refractivity (Wildman–Crippen MR) is 61.4 cm³/mol. The molecule has 0 aromatic heterocycles. The Morgan fingerprint density at radius 3 is 2.47 bits per heavy atom. The summed E-state index contributed by atoms with van der Waals surface area (Å²) in [5, 5.41) is 8.70. The van der Waals surface area contributed by atoms with E-state index >= 15 is 0 Å². The van der Waals surface area contributed by atoms with Crippen LogP contribution in [0.4, 0.5) is 0 Å². The first-order chi connectivity index (χ1) is 7.02. The molecule has 0 aromatic rings. The van der Waals surface area contributed by atoms with Crippen molar-refractivity contribution in [1.82, 2.24) is 4.90 Å². The molecule has 4 nitrogen and oxygen atoms in total. The summed E-state index contributed by atoms with van der Waals surface area (Å²) in [5.74, 6) is 0.414. The maximum absolute atomic E-state index is 11.8. The van der Waals surface area contributed by atoms with Crippen molar-refractivity contribution in [3.8, 4) is 0 Å². The second-order valence-corrected chi connectivity index (χ2v) is 4.16. The van der Waals surface area contributed by atoms with Crippen molar-refractivity contribution in [2.24, 2.45) is 11.7 Å². The number of carbonyl (C=O) groups is 1. The zero-order chi connectivity index (χ0) is 11.8. The molecule has 0 spiro atoms. The second kappa shape index (κ2) is 7.65. The van der Waals surface area contributed by atoms with Gasteiger partial charge in [-0.05, 0) is 19.3 Å². The quantitative estimate of drug-likeness (QED) is 0.654. The van der Waals surface area contributed by atoms with Gasteiger partial charge >= 0.3 is 0 Å². The molecule has 3 N–H and O–H groups in total. The van der Waals surface area contributed by atoms with Gasteiger partial charge in [0.25, 0.3) is 0 Å². The summed E-state index contributed by atoms with van der Waals surface area (Å²) in [4.78, 5) is 13.5. The number of aliphatic hydroxyl groups is 1. The van der Waals surface area contributed by atoms with Crippen LogP contribution >= 0.6 is 0 Å². The lowest BCUT2D eigenvalue weighted by atomic mass is 10.0. The van der Waals surface area contributed by atoms with Crippen LogP contribution in [0.1, 0.15) is 33.6 Å². The number of nitrogens with two attached hydrogens (primary N) is 1. The smallest absolute Gasteiger partial charge is 0.224 e. The van der Waals surface area contributed by atoms with Crippen LogP contribution in [0.2, 0.25) is 0 Å². The molecule has 0 saturated carbocycles. The second-order valence-electron chi connectivity index (χ2n) is 4.16. The summed E-state index contributed by atoms with van der Waals surface area (Å²) in [6.07, 6.45) is 1.04. The van der Waals surface area contributed by atoms with Crippen LogP contribution in [0.3, 0.4) is 0 Å². The average molecular weight is 216 g/mol. The van der Waals surface area contributed by atoms with Gasteiger partial charge in [-0.1, -0.05) is 13.8 Å². The highest BCUT2D eigenvalue weighted by Gasteiger charge is 2.17. The number of aliphatic hydroxyl groups excluding tert-OH is 1. The summed E-state index contributed by atoms with van der Waals surface area (Å²) in [5.41, 5.74) is 5.84. The molecule has 4 heteroatoms. The first-order valence-electron chi connectivity index (χ1n) is 5.67. The molecule has 0 aromatic carbocycles. The Balaban J connectivity index is 4.03. The number of hydrogen-bond acceptors (Lipinski definition) is 3. The third kappa shape index (κ3) is 5.74. The molecule has 0 aliphatic rings. The Morgan fingerprint density at radius 1 is 1.47 bits per heavy atom. The van der Waals surface area contributed by atoms with Crippen molar-refractivity contribution < 1.29 is 9.90 Å². The summed E-state index contributed by atoms with van der Waals surface area (Å²) in [6, 6.07) is -0.0688. The molecule has 1 unspecified atom stereocenters. The molecule has 0 aliphatic carbocycles. The van der Waals surface area contributed by atoms with Crippen LogP contribution in [-0.2, 0) is 4.79 Å². The van der Waals surface area contributed by atoms with E-state index < -0.39 is 0 Å². The van der Waals surface area contributed by atoms with E-state index in [0.717, 1.165) is 0 Å². The minimum atomic E-state index is -0.0688. The van der Waals surface area contributed by atoms with Crippen molar-refractivity contribution >= 4 is 5.91 Å². The largest absolute Gasteiger partial charge is 0.396 e. The van der Waals surface area contributed by atoms with Gasteiger partial charge in [-0.15, -0.1) is 0 Å². The Morgan fingerprint density at radius 2 is 2.07 bits per heavy atom. The molecule has 15 heavy (non-hydrogen) atoms. The summed E-state index contributed by atoms with van der Waals surface area (Å²) < 4.78 is 0.